The van der Waals surface area contributed by atoms with E-state index in [9.17, 15) is 13.2 Å². The van der Waals surface area contributed by atoms with Gasteiger partial charge in [0.05, 0.1) is 5.52 Å². The van der Waals surface area contributed by atoms with Crippen molar-refractivity contribution >= 4 is 48.3 Å². The van der Waals surface area contributed by atoms with E-state index in [0.717, 1.165) is 33.9 Å². The highest BCUT2D eigenvalue weighted by molar-refractivity contribution is 7.26. The molecule has 0 radical (unpaired) electrons. The van der Waals surface area contributed by atoms with Gasteiger partial charge < -0.3 is 4.98 Å². The highest BCUT2D eigenvalue weighted by Gasteiger charge is 2.33. The summed E-state index contributed by atoms with van der Waals surface area (Å²) in [4.78, 5) is 16.5. The first-order valence-electron chi connectivity index (χ1n) is 8.99. The maximum absolute atomic E-state index is 13.2. The molecule has 0 bridgehead atoms. The van der Waals surface area contributed by atoms with Gasteiger partial charge in [-0.15, -0.1) is 16.4 Å². The van der Waals surface area contributed by atoms with E-state index in [1.807, 2.05) is 30.5 Å². The number of nitrogens with one attached hydrogen (secondary N) is 1. The average Bonchev–Trinajstić information content (AvgIpc) is 3.40. The second-order valence-corrected chi connectivity index (χ2v) is 7.98. The molecule has 0 atom stereocenters. The molecule has 0 unspecified atom stereocenters. The summed E-state index contributed by atoms with van der Waals surface area (Å²) in [6, 6.07) is 8.88. The summed E-state index contributed by atoms with van der Waals surface area (Å²) in [5.41, 5.74) is 2.51. The molecule has 6 aromatic rings. The van der Waals surface area contributed by atoms with E-state index in [2.05, 4.69) is 25.0 Å². The van der Waals surface area contributed by atoms with Crippen molar-refractivity contribution in [2.75, 3.05) is 0 Å². The van der Waals surface area contributed by atoms with Crippen molar-refractivity contribution in [1.29, 1.82) is 0 Å². The maximum atomic E-state index is 13.2. The van der Waals surface area contributed by atoms with Gasteiger partial charge in [-0.25, -0.2) is 19.5 Å². The number of fused-ring (bicyclic) bond motifs is 6. The molecule has 10 heteroatoms. The number of aromatic nitrogens is 6. The molecule has 0 fully saturated rings. The second kappa shape index (κ2) is 5.76. The van der Waals surface area contributed by atoms with Crippen molar-refractivity contribution in [3.8, 4) is 11.4 Å². The number of benzene rings is 1. The third-order valence-electron chi connectivity index (χ3n) is 5.09. The van der Waals surface area contributed by atoms with Crippen molar-refractivity contribution in [1.82, 2.24) is 29.5 Å². The quantitative estimate of drug-likeness (QED) is 0.386. The van der Waals surface area contributed by atoms with E-state index in [-0.39, 0.29) is 4.83 Å². The average molecular weight is 424 g/mol. The molecule has 0 aliphatic carbocycles. The van der Waals surface area contributed by atoms with E-state index >= 15 is 0 Å². The minimum Gasteiger partial charge on any atom is -0.360 e. The van der Waals surface area contributed by atoms with E-state index in [0.29, 0.717) is 32.6 Å². The number of hydrogen-bond acceptors (Lipinski definition) is 5. The van der Waals surface area contributed by atoms with E-state index < -0.39 is 11.9 Å². The van der Waals surface area contributed by atoms with E-state index in [1.54, 1.807) is 11.4 Å². The third-order valence-corrected chi connectivity index (χ3v) is 6.15. The predicted molar refractivity (Wildman–Crippen MR) is 108 cm³/mol. The molecule has 0 spiro atoms. The summed E-state index contributed by atoms with van der Waals surface area (Å²) in [6.07, 6.45) is -1.13. The molecule has 5 heterocycles. The fraction of sp³-hybridized carbons (Fsp3) is 0.100. The van der Waals surface area contributed by atoms with Crippen LogP contribution in [-0.2, 0) is 6.18 Å². The molecular weight excluding hydrogens is 413 g/mol. The zero-order valence-electron chi connectivity index (χ0n) is 15.3. The van der Waals surface area contributed by atoms with Crippen molar-refractivity contribution in [2.24, 2.45) is 0 Å². The number of alkyl halides is 3. The topological polar surface area (TPSA) is 71.8 Å². The van der Waals surface area contributed by atoms with Gasteiger partial charge in [0, 0.05) is 28.0 Å². The Morgan fingerprint density at radius 3 is 2.80 bits per heavy atom. The number of para-hydroxylation sites is 1. The molecule has 1 N–H and O–H groups in total. The van der Waals surface area contributed by atoms with Crippen molar-refractivity contribution in [2.45, 2.75) is 13.1 Å². The molecule has 6 rings (SSSR count). The van der Waals surface area contributed by atoms with Crippen LogP contribution in [0, 0.1) is 6.92 Å². The molecule has 0 saturated carbocycles. The molecule has 0 aliphatic rings. The van der Waals surface area contributed by atoms with Gasteiger partial charge in [-0.2, -0.15) is 13.2 Å². The normalized spacial score (nSPS) is 12.7. The maximum Gasteiger partial charge on any atom is 0.433 e. The number of aromatic amines is 1. The summed E-state index contributed by atoms with van der Waals surface area (Å²) >= 11 is 1.15. The SMILES string of the molecule is Cc1cc(C(F)(F)F)nc2sc3c(ncn4nc(-c5c[nH]c6ccccc56)nc34)c12. The number of hydrogen-bond donors (Lipinski definition) is 1. The van der Waals surface area contributed by atoms with Crippen molar-refractivity contribution < 1.29 is 13.2 Å². The van der Waals surface area contributed by atoms with Gasteiger partial charge in [0.1, 0.15) is 21.6 Å². The van der Waals surface area contributed by atoms with E-state index in [1.165, 1.54) is 6.33 Å². The Balaban J connectivity index is 1.63. The lowest BCUT2D eigenvalue weighted by Gasteiger charge is -2.06. The van der Waals surface area contributed by atoms with Crippen LogP contribution in [0.25, 0.3) is 48.4 Å². The van der Waals surface area contributed by atoms with Crippen LogP contribution in [0.3, 0.4) is 0 Å². The fourth-order valence-corrected chi connectivity index (χ4v) is 4.90. The number of H-pyrrole nitrogens is 1. The monoisotopic (exact) mass is 424 g/mol. The lowest BCUT2D eigenvalue weighted by molar-refractivity contribution is -0.141. The molecular formula is C20H11F3N6S. The first-order valence-corrected chi connectivity index (χ1v) is 9.81. The summed E-state index contributed by atoms with van der Waals surface area (Å²) in [7, 11) is 0. The Morgan fingerprint density at radius 1 is 1.13 bits per heavy atom. The van der Waals surface area contributed by atoms with Crippen LogP contribution < -0.4 is 0 Å². The number of rotatable bonds is 1. The van der Waals surface area contributed by atoms with Crippen LogP contribution >= 0.6 is 11.3 Å². The third kappa shape index (κ3) is 2.37. The minimum absolute atomic E-state index is 0.287. The summed E-state index contributed by atoms with van der Waals surface area (Å²) < 4.78 is 41.8. The first kappa shape index (κ1) is 17.3. The highest BCUT2D eigenvalue weighted by Crippen LogP contribution is 2.39. The van der Waals surface area contributed by atoms with Gasteiger partial charge in [-0.1, -0.05) is 18.2 Å². The van der Waals surface area contributed by atoms with Crippen LogP contribution in [0.15, 0.2) is 42.9 Å². The zero-order chi connectivity index (χ0) is 20.6. The Labute approximate surface area is 170 Å². The van der Waals surface area contributed by atoms with Gasteiger partial charge in [0.15, 0.2) is 11.5 Å². The second-order valence-electron chi connectivity index (χ2n) is 6.98. The molecule has 1 aromatic carbocycles. The van der Waals surface area contributed by atoms with Gasteiger partial charge >= 0.3 is 6.18 Å². The lowest BCUT2D eigenvalue weighted by Crippen LogP contribution is -2.07. The smallest absolute Gasteiger partial charge is 0.360 e. The number of aryl methyl sites for hydroxylation is 1. The molecule has 0 amide bonds. The highest BCUT2D eigenvalue weighted by atomic mass is 32.1. The summed E-state index contributed by atoms with van der Waals surface area (Å²) in [6.45, 7) is 1.64. The fourth-order valence-electron chi connectivity index (χ4n) is 3.73. The number of nitrogens with zero attached hydrogens (tertiary/aromatic N) is 5. The summed E-state index contributed by atoms with van der Waals surface area (Å²) in [5, 5.41) is 6.13. The van der Waals surface area contributed by atoms with Crippen LogP contribution in [-0.4, -0.2) is 29.5 Å². The van der Waals surface area contributed by atoms with Gasteiger partial charge in [-0.3, -0.25) is 0 Å². The molecule has 0 aliphatic heterocycles. The first-order chi connectivity index (χ1) is 14.4. The predicted octanol–water partition coefficient (Wildman–Crippen LogP) is 5.36. The Bertz CT molecular complexity index is 1610. The van der Waals surface area contributed by atoms with E-state index in [4.69, 9.17) is 0 Å². The number of halogens is 3. The molecule has 5 aromatic heterocycles. The number of pyridine rings is 1. The molecule has 30 heavy (non-hydrogen) atoms. The van der Waals surface area contributed by atoms with Crippen LogP contribution in [0.2, 0.25) is 0 Å². The molecule has 0 saturated heterocycles. The Hall–Kier alpha value is -3.53. The molecule has 148 valence electrons. The summed E-state index contributed by atoms with van der Waals surface area (Å²) in [5.74, 6) is 0.514. The van der Waals surface area contributed by atoms with Gasteiger partial charge in [0.25, 0.3) is 0 Å². The lowest BCUT2D eigenvalue weighted by atomic mass is 10.1. The standard InChI is InChI=1S/C20H11F3N6S/c1-9-6-13(20(21,22)23)26-19-14(9)15-16(30-19)18-27-17(28-29(18)8-25-15)11-7-24-12-5-3-2-4-10(11)12/h2-8,24H,1H3. The largest absolute Gasteiger partial charge is 0.433 e. The minimum atomic E-state index is -4.50. The van der Waals surface area contributed by atoms with Crippen LogP contribution in [0.5, 0.6) is 0 Å². The van der Waals surface area contributed by atoms with Crippen molar-refractivity contribution in [3.05, 3.63) is 54.1 Å². The van der Waals surface area contributed by atoms with Gasteiger partial charge in [-0.05, 0) is 24.6 Å². The Morgan fingerprint density at radius 2 is 1.97 bits per heavy atom. The Kier molecular flexibility index (Phi) is 3.33. The zero-order valence-corrected chi connectivity index (χ0v) is 16.1. The van der Waals surface area contributed by atoms with Crippen molar-refractivity contribution in [3.63, 3.8) is 0 Å². The number of thiophene rings is 1. The van der Waals surface area contributed by atoms with Gasteiger partial charge in [0.2, 0.25) is 0 Å². The van der Waals surface area contributed by atoms with Crippen LogP contribution in [0.4, 0.5) is 13.2 Å². The van der Waals surface area contributed by atoms with Crippen LogP contribution in [0.1, 0.15) is 11.3 Å². The molecule has 6 nitrogen and oxygen atoms in total.